The normalized spacial score (nSPS) is 11.2. The van der Waals surface area contributed by atoms with Gasteiger partial charge in [0.15, 0.2) is 11.5 Å². The number of benzene rings is 1. The molecule has 1 aromatic heterocycles. The first-order valence-corrected chi connectivity index (χ1v) is 9.56. The summed E-state index contributed by atoms with van der Waals surface area (Å²) < 4.78 is 13.2. The molecule has 0 aliphatic heterocycles. The molecule has 0 atom stereocenters. The Bertz CT molecular complexity index is 652. The van der Waals surface area contributed by atoms with Crippen LogP contribution < -0.4 is 15.2 Å². The highest BCUT2D eigenvalue weighted by atomic mass is 16.5. The Morgan fingerprint density at radius 3 is 2.24 bits per heavy atom. The van der Waals surface area contributed by atoms with Crippen LogP contribution in [0.1, 0.15) is 57.7 Å². The Morgan fingerprint density at radius 1 is 0.960 bits per heavy atom. The summed E-state index contributed by atoms with van der Waals surface area (Å²) in [6, 6.07) is 3.98. The molecule has 2 N–H and O–H groups in total. The third kappa shape index (κ3) is 5.11. The van der Waals surface area contributed by atoms with Gasteiger partial charge in [-0.1, -0.05) is 45.4 Å². The zero-order valence-corrected chi connectivity index (χ0v) is 16.0. The minimum absolute atomic E-state index is 0.606. The predicted molar refractivity (Wildman–Crippen MR) is 104 cm³/mol. The van der Waals surface area contributed by atoms with Gasteiger partial charge < -0.3 is 19.8 Å². The van der Waals surface area contributed by atoms with Gasteiger partial charge in [-0.3, -0.25) is 0 Å². The second-order valence-corrected chi connectivity index (χ2v) is 6.54. The van der Waals surface area contributed by atoms with Crippen molar-refractivity contribution >= 4 is 11.0 Å². The molecule has 1 heterocycles. The lowest BCUT2D eigenvalue weighted by Gasteiger charge is -2.11. The van der Waals surface area contributed by atoms with Gasteiger partial charge in [0.1, 0.15) is 5.82 Å². The summed E-state index contributed by atoms with van der Waals surface area (Å²) in [6.45, 7) is 3.84. The summed E-state index contributed by atoms with van der Waals surface area (Å²) in [5, 5.41) is 0. The van der Waals surface area contributed by atoms with E-state index in [4.69, 9.17) is 20.2 Å². The maximum absolute atomic E-state index is 5.78. The summed E-state index contributed by atoms with van der Waals surface area (Å²) in [6.07, 6.45) is 9.90. The highest BCUT2D eigenvalue weighted by molar-refractivity contribution is 5.80. The predicted octanol–water partition coefficient (Wildman–Crippen LogP) is 4.31. The number of rotatable bonds is 12. The number of imidazole rings is 1. The van der Waals surface area contributed by atoms with Crippen LogP contribution in [0.4, 0.5) is 0 Å². The van der Waals surface area contributed by atoms with Crippen LogP contribution in [0, 0.1) is 0 Å². The molecule has 2 rings (SSSR count). The molecule has 0 aliphatic rings. The summed E-state index contributed by atoms with van der Waals surface area (Å²) in [5.74, 6) is 2.52. The second kappa shape index (κ2) is 10.3. The number of fused-ring (bicyclic) bond motifs is 1. The number of aryl methyl sites for hydroxylation is 1. The van der Waals surface area contributed by atoms with Crippen molar-refractivity contribution < 1.29 is 9.47 Å². The van der Waals surface area contributed by atoms with E-state index in [9.17, 15) is 0 Å². The molecule has 140 valence electrons. The number of hydrogen-bond acceptors (Lipinski definition) is 4. The van der Waals surface area contributed by atoms with Crippen molar-refractivity contribution in [2.45, 2.75) is 64.8 Å². The van der Waals surface area contributed by atoms with E-state index in [1.165, 1.54) is 44.9 Å². The molecule has 5 heteroatoms. The lowest BCUT2D eigenvalue weighted by Crippen LogP contribution is -2.10. The topological polar surface area (TPSA) is 62.3 Å². The van der Waals surface area contributed by atoms with Gasteiger partial charge in [0.2, 0.25) is 0 Å². The maximum Gasteiger partial charge on any atom is 0.163 e. The molecule has 0 bridgehead atoms. The largest absolute Gasteiger partial charge is 0.493 e. The van der Waals surface area contributed by atoms with Gasteiger partial charge in [0.25, 0.3) is 0 Å². The van der Waals surface area contributed by atoms with Gasteiger partial charge in [0.05, 0.1) is 25.3 Å². The SMILES string of the molecule is CCCCCCCCCn1c(CCN)nc2cc(OC)c(OC)cc21. The van der Waals surface area contributed by atoms with Gasteiger partial charge in [-0.25, -0.2) is 4.98 Å². The van der Waals surface area contributed by atoms with E-state index in [1.54, 1.807) is 14.2 Å². The fraction of sp³-hybridized carbons (Fsp3) is 0.650. The molecule has 0 saturated heterocycles. The first-order chi connectivity index (χ1) is 12.2. The van der Waals surface area contributed by atoms with Crippen LogP contribution in [0.3, 0.4) is 0 Å². The number of nitrogens with zero attached hydrogens (tertiary/aromatic N) is 2. The van der Waals surface area contributed by atoms with Gasteiger partial charge in [-0.05, 0) is 13.0 Å². The molecule has 0 saturated carbocycles. The lowest BCUT2D eigenvalue weighted by molar-refractivity contribution is 0.355. The number of aromatic nitrogens is 2. The summed E-state index contributed by atoms with van der Waals surface area (Å²) in [5.41, 5.74) is 7.84. The van der Waals surface area contributed by atoms with Crippen molar-refractivity contribution in [3.63, 3.8) is 0 Å². The molecule has 0 fully saturated rings. The average molecular weight is 348 g/mol. The van der Waals surface area contributed by atoms with Gasteiger partial charge in [-0.15, -0.1) is 0 Å². The molecule has 0 spiro atoms. The fourth-order valence-corrected chi connectivity index (χ4v) is 3.30. The van der Waals surface area contributed by atoms with Crippen molar-refractivity contribution in [1.82, 2.24) is 9.55 Å². The third-order valence-corrected chi connectivity index (χ3v) is 4.69. The third-order valence-electron chi connectivity index (χ3n) is 4.69. The van der Waals surface area contributed by atoms with Gasteiger partial charge >= 0.3 is 0 Å². The highest BCUT2D eigenvalue weighted by Crippen LogP contribution is 2.32. The Hall–Kier alpha value is -1.75. The van der Waals surface area contributed by atoms with Crippen LogP contribution in [0.2, 0.25) is 0 Å². The zero-order chi connectivity index (χ0) is 18.1. The Morgan fingerprint density at radius 2 is 1.60 bits per heavy atom. The fourth-order valence-electron chi connectivity index (χ4n) is 3.30. The minimum atomic E-state index is 0.606. The summed E-state index contributed by atoms with van der Waals surface area (Å²) in [7, 11) is 3.32. The van der Waals surface area contributed by atoms with Crippen molar-refractivity contribution in [3.05, 3.63) is 18.0 Å². The van der Waals surface area contributed by atoms with Crippen LogP contribution in [-0.4, -0.2) is 30.3 Å². The quantitative estimate of drug-likeness (QED) is 0.581. The standard InChI is InChI=1S/C20H33N3O2/c1-4-5-6-7-8-9-10-13-23-17-15-19(25-3)18(24-2)14-16(17)22-20(23)11-12-21/h14-15H,4-13,21H2,1-3H3. The molecular formula is C20H33N3O2. The van der Waals surface area contributed by atoms with E-state index in [-0.39, 0.29) is 0 Å². The molecule has 25 heavy (non-hydrogen) atoms. The highest BCUT2D eigenvalue weighted by Gasteiger charge is 2.14. The molecule has 0 unspecified atom stereocenters. The van der Waals surface area contributed by atoms with Crippen molar-refractivity contribution in [2.75, 3.05) is 20.8 Å². The van der Waals surface area contributed by atoms with Crippen LogP contribution in [-0.2, 0) is 13.0 Å². The van der Waals surface area contributed by atoms with Gasteiger partial charge in [-0.2, -0.15) is 0 Å². The summed E-state index contributed by atoms with van der Waals surface area (Å²) >= 11 is 0. The minimum Gasteiger partial charge on any atom is -0.493 e. The maximum atomic E-state index is 5.78. The first-order valence-electron chi connectivity index (χ1n) is 9.56. The Balaban J connectivity index is 2.11. The first kappa shape index (κ1) is 19.6. The average Bonchev–Trinajstić information content (AvgIpc) is 2.96. The Labute approximate surface area is 151 Å². The van der Waals surface area contributed by atoms with Crippen molar-refractivity contribution in [1.29, 1.82) is 0 Å². The lowest BCUT2D eigenvalue weighted by atomic mass is 10.1. The molecular weight excluding hydrogens is 314 g/mol. The Kier molecular flexibility index (Phi) is 8.06. The van der Waals surface area contributed by atoms with Crippen LogP contribution >= 0.6 is 0 Å². The molecule has 1 aromatic carbocycles. The smallest absolute Gasteiger partial charge is 0.163 e. The van der Waals surface area contributed by atoms with E-state index in [1.807, 2.05) is 12.1 Å². The van der Waals surface area contributed by atoms with E-state index in [2.05, 4.69) is 11.5 Å². The molecule has 0 amide bonds. The number of methoxy groups -OCH3 is 2. The number of nitrogens with two attached hydrogens (primary N) is 1. The van der Waals surface area contributed by atoms with E-state index in [0.29, 0.717) is 6.54 Å². The molecule has 2 aromatic rings. The van der Waals surface area contributed by atoms with E-state index < -0.39 is 0 Å². The van der Waals surface area contributed by atoms with Crippen LogP contribution in [0.5, 0.6) is 11.5 Å². The molecule has 0 aliphatic carbocycles. The molecule has 0 radical (unpaired) electrons. The van der Waals surface area contributed by atoms with E-state index in [0.717, 1.165) is 41.3 Å². The van der Waals surface area contributed by atoms with Crippen molar-refractivity contribution in [3.8, 4) is 11.5 Å². The number of hydrogen-bond donors (Lipinski definition) is 1. The number of ether oxygens (including phenoxy) is 2. The zero-order valence-electron chi connectivity index (χ0n) is 16.0. The summed E-state index contributed by atoms with van der Waals surface area (Å²) in [4.78, 5) is 4.77. The van der Waals surface area contributed by atoms with Crippen LogP contribution in [0.15, 0.2) is 12.1 Å². The van der Waals surface area contributed by atoms with Crippen LogP contribution in [0.25, 0.3) is 11.0 Å². The molecule has 5 nitrogen and oxygen atoms in total. The second-order valence-electron chi connectivity index (χ2n) is 6.54. The number of unbranched alkanes of at least 4 members (excludes halogenated alkanes) is 6. The van der Waals surface area contributed by atoms with Gasteiger partial charge in [0, 0.05) is 25.1 Å². The monoisotopic (exact) mass is 347 g/mol. The van der Waals surface area contributed by atoms with Crippen molar-refractivity contribution in [2.24, 2.45) is 5.73 Å². The van der Waals surface area contributed by atoms with E-state index >= 15 is 0 Å².